The smallest absolute Gasteiger partial charge is 0.306 e. The van der Waals surface area contributed by atoms with Gasteiger partial charge in [-0.25, -0.2) is 0 Å². The summed E-state index contributed by atoms with van der Waals surface area (Å²) >= 11 is 0. The molecule has 0 amide bonds. The lowest BCUT2D eigenvalue weighted by atomic mass is 9.98. The van der Waals surface area contributed by atoms with E-state index in [-0.39, 0.29) is 19.6 Å². The van der Waals surface area contributed by atoms with E-state index in [1.165, 1.54) is 116 Å². The van der Waals surface area contributed by atoms with Crippen LogP contribution in [-0.2, 0) is 33.2 Å². The normalized spacial score (nSPS) is 28.2. The van der Waals surface area contributed by atoms with Gasteiger partial charge in [0.25, 0.3) is 0 Å². The van der Waals surface area contributed by atoms with Crippen LogP contribution in [0.4, 0.5) is 0 Å². The monoisotopic (exact) mass is 837 g/mol. The molecule has 0 radical (unpaired) electrons. The van der Waals surface area contributed by atoms with Crippen LogP contribution in [0.3, 0.4) is 0 Å². The summed E-state index contributed by atoms with van der Waals surface area (Å²) in [5.74, 6) is -0.397. The fraction of sp³-hybridized carbons (Fsp3) is 0.977. The summed E-state index contributed by atoms with van der Waals surface area (Å²) in [5.41, 5.74) is 0. The number of hydrogen-bond acceptors (Lipinski definition) is 14. The second-order valence-corrected chi connectivity index (χ2v) is 16.6. The summed E-state index contributed by atoms with van der Waals surface area (Å²) in [5, 5.41) is 71.5. The standard InChI is InChI=1S/C44H84O14/c1-3-5-7-8-9-10-11-12-13-14-15-16-17-18-19-20-21-22-23-24-26-28-53-30-33(56-36(46)27-25-6-4-2)31-54-43-42(52)40(50)38(48)35(58-43)32-55-44-41(51)39(49)37(47)34(29-45)57-44/h33-35,37-45,47-52H,3-32H2,1-2H3. The maximum absolute atomic E-state index is 12.6. The second kappa shape index (κ2) is 33.6. The third-order valence-corrected chi connectivity index (χ3v) is 11.4. The average Bonchev–Trinajstić information content (AvgIpc) is 3.22. The van der Waals surface area contributed by atoms with Crippen LogP contribution in [0.25, 0.3) is 0 Å². The third-order valence-electron chi connectivity index (χ3n) is 11.4. The molecule has 0 aromatic heterocycles. The lowest BCUT2D eigenvalue weighted by molar-refractivity contribution is -0.332. The number of ether oxygens (including phenoxy) is 6. The first-order chi connectivity index (χ1) is 28.1. The van der Waals surface area contributed by atoms with Gasteiger partial charge in [0, 0.05) is 13.0 Å². The fourth-order valence-corrected chi connectivity index (χ4v) is 7.52. The van der Waals surface area contributed by atoms with Crippen LogP contribution in [0, 0.1) is 0 Å². The Bertz CT molecular complexity index is 975. The maximum Gasteiger partial charge on any atom is 0.306 e. The Kier molecular flexibility index (Phi) is 30.8. The molecule has 14 heteroatoms. The number of aliphatic hydroxyl groups is 7. The zero-order chi connectivity index (χ0) is 42.4. The van der Waals surface area contributed by atoms with Crippen LogP contribution in [0.1, 0.15) is 174 Å². The Morgan fingerprint density at radius 3 is 1.40 bits per heavy atom. The number of aliphatic hydroxyl groups excluding tert-OH is 7. The van der Waals surface area contributed by atoms with E-state index in [1.807, 2.05) is 6.92 Å². The van der Waals surface area contributed by atoms with Crippen molar-refractivity contribution < 1.29 is 69.0 Å². The predicted molar refractivity (Wildman–Crippen MR) is 220 cm³/mol. The third kappa shape index (κ3) is 22.2. The molecule has 0 spiro atoms. The SMILES string of the molecule is CCCCCCCCCCCCCCCCCCCCCCCOCC(COC1OC(COC2OC(CO)C(O)C(O)C2O)C(O)C(O)C1O)OC(=O)CCCCC. The second-order valence-electron chi connectivity index (χ2n) is 16.6. The molecule has 0 saturated carbocycles. The van der Waals surface area contributed by atoms with E-state index in [1.54, 1.807) is 0 Å². The van der Waals surface area contributed by atoms with Gasteiger partial charge in [-0.15, -0.1) is 0 Å². The number of hydrogen-bond donors (Lipinski definition) is 7. The largest absolute Gasteiger partial charge is 0.457 e. The molecule has 7 N–H and O–H groups in total. The van der Waals surface area contributed by atoms with Crippen molar-refractivity contribution in [2.24, 2.45) is 0 Å². The van der Waals surface area contributed by atoms with Crippen LogP contribution < -0.4 is 0 Å². The van der Waals surface area contributed by atoms with E-state index in [4.69, 9.17) is 28.4 Å². The van der Waals surface area contributed by atoms with E-state index < -0.39 is 86.7 Å². The van der Waals surface area contributed by atoms with Gasteiger partial charge in [-0.05, 0) is 12.8 Å². The van der Waals surface area contributed by atoms with Gasteiger partial charge >= 0.3 is 5.97 Å². The van der Waals surface area contributed by atoms with E-state index >= 15 is 0 Å². The zero-order valence-corrected chi connectivity index (χ0v) is 36.1. The maximum atomic E-state index is 12.6. The van der Waals surface area contributed by atoms with Crippen molar-refractivity contribution in [1.82, 2.24) is 0 Å². The highest BCUT2D eigenvalue weighted by Gasteiger charge is 2.47. The summed E-state index contributed by atoms with van der Waals surface area (Å²) in [6.45, 7) is 3.53. The fourth-order valence-electron chi connectivity index (χ4n) is 7.52. The van der Waals surface area contributed by atoms with Crippen molar-refractivity contribution in [3.05, 3.63) is 0 Å². The molecule has 11 unspecified atom stereocenters. The van der Waals surface area contributed by atoms with E-state index in [0.29, 0.717) is 13.0 Å². The number of unbranched alkanes of at least 4 members (excludes halogenated alkanes) is 22. The lowest BCUT2D eigenvalue weighted by Gasteiger charge is -2.42. The average molecular weight is 837 g/mol. The van der Waals surface area contributed by atoms with Gasteiger partial charge in [-0.2, -0.15) is 0 Å². The highest BCUT2D eigenvalue weighted by atomic mass is 16.7. The van der Waals surface area contributed by atoms with Crippen molar-refractivity contribution in [3.63, 3.8) is 0 Å². The van der Waals surface area contributed by atoms with Crippen molar-refractivity contribution in [2.45, 2.75) is 242 Å². The van der Waals surface area contributed by atoms with Gasteiger partial charge in [0.15, 0.2) is 12.6 Å². The van der Waals surface area contributed by atoms with Crippen LogP contribution in [0.5, 0.6) is 0 Å². The van der Waals surface area contributed by atoms with Crippen LogP contribution in [0.2, 0.25) is 0 Å². The minimum absolute atomic E-state index is 0.0658. The highest BCUT2D eigenvalue weighted by molar-refractivity contribution is 5.69. The molecule has 2 aliphatic rings. The first-order valence-corrected chi connectivity index (χ1v) is 23.1. The zero-order valence-electron chi connectivity index (χ0n) is 36.1. The van der Waals surface area contributed by atoms with E-state index in [0.717, 1.165) is 32.1 Å². The first-order valence-electron chi connectivity index (χ1n) is 23.1. The van der Waals surface area contributed by atoms with Crippen LogP contribution >= 0.6 is 0 Å². The summed E-state index contributed by atoms with van der Waals surface area (Å²) in [4.78, 5) is 12.6. The van der Waals surface area contributed by atoms with Gasteiger partial charge < -0.3 is 64.2 Å². The van der Waals surface area contributed by atoms with Gasteiger partial charge in [0.2, 0.25) is 0 Å². The summed E-state index contributed by atoms with van der Waals surface area (Å²) in [6, 6.07) is 0. The molecule has 2 aliphatic heterocycles. The Balaban J connectivity index is 1.63. The Morgan fingerprint density at radius 2 is 0.914 bits per heavy atom. The number of carbonyl (C=O) groups is 1. The van der Waals surface area contributed by atoms with Crippen molar-refractivity contribution in [1.29, 1.82) is 0 Å². The Hall–Kier alpha value is -1.01. The molecule has 14 nitrogen and oxygen atoms in total. The Labute approximate surface area is 349 Å². The van der Waals surface area contributed by atoms with E-state index in [2.05, 4.69) is 6.92 Å². The molecule has 58 heavy (non-hydrogen) atoms. The molecular weight excluding hydrogens is 752 g/mol. The summed E-state index contributed by atoms with van der Waals surface area (Å²) in [7, 11) is 0. The van der Waals surface area contributed by atoms with Gasteiger partial charge in [0.05, 0.1) is 26.4 Å². The highest BCUT2D eigenvalue weighted by Crippen LogP contribution is 2.26. The number of esters is 1. The number of rotatable bonds is 36. The molecular formula is C44H84O14. The Morgan fingerprint density at radius 1 is 0.500 bits per heavy atom. The lowest BCUT2D eigenvalue weighted by Crippen LogP contribution is -2.61. The van der Waals surface area contributed by atoms with Gasteiger partial charge in [-0.1, -0.05) is 155 Å². The van der Waals surface area contributed by atoms with Crippen LogP contribution in [0.15, 0.2) is 0 Å². The molecule has 2 rings (SSSR count). The van der Waals surface area contributed by atoms with Crippen molar-refractivity contribution in [2.75, 3.05) is 33.0 Å². The molecule has 0 aliphatic carbocycles. The predicted octanol–water partition coefficient (Wildman–Crippen LogP) is 5.35. The molecule has 0 aromatic rings. The van der Waals surface area contributed by atoms with Crippen molar-refractivity contribution in [3.8, 4) is 0 Å². The molecule has 344 valence electrons. The number of carbonyl (C=O) groups excluding carboxylic acids is 1. The minimum atomic E-state index is -1.70. The molecule has 0 aromatic carbocycles. The molecule has 11 atom stereocenters. The molecule has 2 fully saturated rings. The summed E-state index contributed by atoms with van der Waals surface area (Å²) < 4.78 is 33.8. The topological polar surface area (TPSA) is 214 Å². The summed E-state index contributed by atoms with van der Waals surface area (Å²) in [6.07, 6.45) is 14.3. The van der Waals surface area contributed by atoms with Gasteiger partial charge in [-0.3, -0.25) is 4.79 Å². The van der Waals surface area contributed by atoms with Gasteiger partial charge in [0.1, 0.15) is 54.9 Å². The minimum Gasteiger partial charge on any atom is -0.457 e. The molecule has 2 heterocycles. The van der Waals surface area contributed by atoms with Crippen molar-refractivity contribution >= 4 is 5.97 Å². The first kappa shape index (κ1) is 53.1. The molecule has 2 saturated heterocycles. The van der Waals surface area contributed by atoms with E-state index in [9.17, 15) is 40.5 Å². The molecule has 0 bridgehead atoms. The quantitative estimate of drug-likeness (QED) is 0.0313. The van der Waals surface area contributed by atoms with Crippen LogP contribution in [-0.4, -0.2) is 142 Å².